The summed E-state index contributed by atoms with van der Waals surface area (Å²) in [4.78, 5) is 12.6. The topological polar surface area (TPSA) is 99.1 Å². The number of hydrogen-bond donors (Lipinski definition) is 2. The monoisotopic (exact) mass is 457 g/mol. The van der Waals surface area contributed by atoms with E-state index >= 15 is 0 Å². The summed E-state index contributed by atoms with van der Waals surface area (Å²) in [6, 6.07) is 19.1. The van der Waals surface area contributed by atoms with Gasteiger partial charge in [-0.15, -0.1) is 0 Å². The molecule has 0 unspecified atom stereocenters. The highest BCUT2D eigenvalue weighted by atomic mass is 35.5. The summed E-state index contributed by atoms with van der Waals surface area (Å²) in [6.45, 7) is 1.21. The van der Waals surface area contributed by atoms with Gasteiger partial charge in [-0.25, -0.2) is 13.8 Å². The lowest BCUT2D eigenvalue weighted by atomic mass is 10.2. The van der Waals surface area contributed by atoms with Crippen molar-refractivity contribution in [3.8, 4) is 5.75 Å². The summed E-state index contributed by atoms with van der Waals surface area (Å²) in [6.07, 6.45) is 1.27. The molecule has 0 saturated heterocycles. The van der Waals surface area contributed by atoms with Crippen molar-refractivity contribution in [1.29, 1.82) is 0 Å². The molecular formula is C22H20ClN3O4S. The Kier molecular flexibility index (Phi) is 6.94. The minimum atomic E-state index is -4.05. The summed E-state index contributed by atoms with van der Waals surface area (Å²) in [5.41, 5.74) is 3.62. The van der Waals surface area contributed by atoms with Crippen LogP contribution in [0.25, 0.3) is 0 Å². The zero-order valence-corrected chi connectivity index (χ0v) is 18.1. The minimum Gasteiger partial charge on any atom is -0.507 e. The van der Waals surface area contributed by atoms with Crippen LogP contribution in [0.4, 0.5) is 5.69 Å². The van der Waals surface area contributed by atoms with E-state index in [0.29, 0.717) is 16.1 Å². The molecule has 0 heterocycles. The maximum atomic E-state index is 13.3. The van der Waals surface area contributed by atoms with E-state index < -0.39 is 22.5 Å². The van der Waals surface area contributed by atoms with Crippen LogP contribution in [0.3, 0.4) is 0 Å². The number of benzene rings is 3. The van der Waals surface area contributed by atoms with Crippen molar-refractivity contribution < 1.29 is 18.3 Å². The van der Waals surface area contributed by atoms with E-state index in [1.165, 1.54) is 30.5 Å². The molecule has 0 spiro atoms. The fourth-order valence-electron chi connectivity index (χ4n) is 2.81. The Morgan fingerprint density at radius 3 is 2.48 bits per heavy atom. The van der Waals surface area contributed by atoms with Crippen molar-refractivity contribution in [2.24, 2.45) is 5.10 Å². The predicted molar refractivity (Wildman–Crippen MR) is 121 cm³/mol. The Balaban J connectivity index is 1.89. The number of carbonyl (C=O) groups is 1. The molecule has 0 bridgehead atoms. The van der Waals surface area contributed by atoms with Gasteiger partial charge in [-0.3, -0.25) is 9.10 Å². The van der Waals surface area contributed by atoms with Gasteiger partial charge >= 0.3 is 0 Å². The summed E-state index contributed by atoms with van der Waals surface area (Å²) >= 11 is 6.09. The fraction of sp³-hybridized carbons (Fsp3) is 0.0909. The van der Waals surface area contributed by atoms with Gasteiger partial charge in [0.05, 0.1) is 16.8 Å². The summed E-state index contributed by atoms with van der Waals surface area (Å²) in [7, 11) is -4.05. The Bertz CT molecular complexity index is 1210. The number of phenolic OH excluding ortho intramolecular Hbond substituents is 1. The van der Waals surface area contributed by atoms with Gasteiger partial charge in [0.15, 0.2) is 0 Å². The zero-order chi connectivity index (χ0) is 22.4. The SMILES string of the molecule is Cc1ccc(Cl)cc1N(CC(=O)NN=Cc1ccccc1O)S(=O)(=O)c1ccccc1. The molecule has 0 aliphatic heterocycles. The van der Waals surface area contributed by atoms with Crippen LogP contribution in [0.1, 0.15) is 11.1 Å². The number of sulfonamides is 1. The summed E-state index contributed by atoms with van der Waals surface area (Å²) in [5, 5.41) is 13.9. The van der Waals surface area contributed by atoms with Crippen LogP contribution in [0.15, 0.2) is 82.8 Å². The van der Waals surface area contributed by atoms with Gasteiger partial charge in [0.1, 0.15) is 12.3 Å². The number of anilines is 1. The first-order valence-electron chi connectivity index (χ1n) is 9.23. The lowest BCUT2D eigenvalue weighted by Crippen LogP contribution is -2.40. The van der Waals surface area contributed by atoms with Gasteiger partial charge in [-0.1, -0.05) is 48.0 Å². The van der Waals surface area contributed by atoms with Crippen LogP contribution in [-0.4, -0.2) is 32.2 Å². The number of para-hydroxylation sites is 1. The summed E-state index contributed by atoms with van der Waals surface area (Å²) < 4.78 is 27.6. The molecule has 31 heavy (non-hydrogen) atoms. The molecule has 0 saturated carbocycles. The zero-order valence-electron chi connectivity index (χ0n) is 16.6. The maximum Gasteiger partial charge on any atom is 0.264 e. The number of carbonyl (C=O) groups excluding carboxylic acids is 1. The molecule has 0 radical (unpaired) electrons. The molecule has 3 aromatic rings. The van der Waals surface area contributed by atoms with Crippen LogP contribution < -0.4 is 9.73 Å². The quantitative estimate of drug-likeness (QED) is 0.417. The third-order valence-corrected chi connectivity index (χ3v) is 6.40. The number of amides is 1. The number of nitrogens with one attached hydrogen (secondary N) is 1. The van der Waals surface area contributed by atoms with Gasteiger partial charge in [0.25, 0.3) is 15.9 Å². The summed E-state index contributed by atoms with van der Waals surface area (Å²) in [5.74, 6) is -0.658. The molecule has 0 aliphatic rings. The van der Waals surface area contributed by atoms with Crippen LogP contribution in [-0.2, 0) is 14.8 Å². The van der Waals surface area contributed by atoms with E-state index in [-0.39, 0.29) is 16.3 Å². The lowest BCUT2D eigenvalue weighted by molar-refractivity contribution is -0.119. The first-order valence-corrected chi connectivity index (χ1v) is 11.0. The predicted octanol–water partition coefficient (Wildman–Crippen LogP) is 3.70. The molecule has 160 valence electrons. The number of aromatic hydroxyl groups is 1. The number of aryl methyl sites for hydroxylation is 1. The second kappa shape index (κ2) is 9.63. The molecule has 0 aliphatic carbocycles. The van der Waals surface area contributed by atoms with Gasteiger partial charge in [-0.05, 0) is 48.9 Å². The lowest BCUT2D eigenvalue weighted by Gasteiger charge is -2.25. The van der Waals surface area contributed by atoms with E-state index in [1.54, 1.807) is 55.5 Å². The van der Waals surface area contributed by atoms with Gasteiger partial charge in [-0.2, -0.15) is 5.10 Å². The number of hydrazone groups is 1. The molecule has 7 nitrogen and oxygen atoms in total. The fourth-order valence-corrected chi connectivity index (χ4v) is 4.47. The first-order chi connectivity index (χ1) is 14.8. The van der Waals surface area contributed by atoms with E-state index in [4.69, 9.17) is 11.6 Å². The molecule has 3 rings (SSSR count). The molecule has 3 aromatic carbocycles. The highest BCUT2D eigenvalue weighted by Gasteiger charge is 2.28. The number of phenols is 1. The van der Waals surface area contributed by atoms with E-state index in [2.05, 4.69) is 10.5 Å². The smallest absolute Gasteiger partial charge is 0.264 e. The average Bonchev–Trinajstić information content (AvgIpc) is 2.76. The number of halogens is 1. The molecular weight excluding hydrogens is 438 g/mol. The van der Waals surface area contributed by atoms with Crippen LogP contribution in [0.2, 0.25) is 5.02 Å². The van der Waals surface area contributed by atoms with Crippen molar-refractivity contribution in [2.45, 2.75) is 11.8 Å². The Morgan fingerprint density at radius 1 is 1.10 bits per heavy atom. The largest absolute Gasteiger partial charge is 0.507 e. The molecule has 9 heteroatoms. The molecule has 0 atom stereocenters. The van der Waals surface area contributed by atoms with Crippen LogP contribution in [0, 0.1) is 6.92 Å². The van der Waals surface area contributed by atoms with Crippen LogP contribution >= 0.6 is 11.6 Å². The Hall–Kier alpha value is -3.36. The van der Waals surface area contributed by atoms with E-state index in [9.17, 15) is 18.3 Å². The van der Waals surface area contributed by atoms with Crippen LogP contribution in [0.5, 0.6) is 5.75 Å². The highest BCUT2D eigenvalue weighted by Crippen LogP contribution is 2.29. The van der Waals surface area contributed by atoms with Gasteiger partial charge < -0.3 is 5.11 Å². The molecule has 0 aromatic heterocycles. The van der Waals surface area contributed by atoms with Crippen molar-refractivity contribution >= 4 is 39.4 Å². The van der Waals surface area contributed by atoms with E-state index in [1.807, 2.05) is 0 Å². The molecule has 1 amide bonds. The second-order valence-electron chi connectivity index (χ2n) is 6.61. The van der Waals surface area contributed by atoms with Crippen molar-refractivity contribution in [3.05, 3.63) is 88.9 Å². The number of hydrogen-bond acceptors (Lipinski definition) is 5. The van der Waals surface area contributed by atoms with E-state index in [0.717, 1.165) is 4.31 Å². The van der Waals surface area contributed by atoms with Gasteiger partial charge in [0, 0.05) is 10.6 Å². The van der Waals surface area contributed by atoms with Crippen molar-refractivity contribution in [3.63, 3.8) is 0 Å². The number of nitrogens with zero attached hydrogens (tertiary/aromatic N) is 2. The standard InChI is InChI=1S/C22H20ClN3O4S/c1-16-11-12-18(23)13-20(16)26(31(29,30)19-8-3-2-4-9-19)15-22(28)25-24-14-17-7-5-6-10-21(17)27/h2-14,27H,15H2,1H3,(H,25,28). The number of rotatable bonds is 7. The van der Waals surface area contributed by atoms with Crippen molar-refractivity contribution in [1.82, 2.24) is 5.43 Å². The van der Waals surface area contributed by atoms with Crippen molar-refractivity contribution in [2.75, 3.05) is 10.8 Å². The molecule has 2 N–H and O–H groups in total. The average molecular weight is 458 g/mol. The highest BCUT2D eigenvalue weighted by molar-refractivity contribution is 7.92. The third-order valence-electron chi connectivity index (χ3n) is 4.39. The second-order valence-corrected chi connectivity index (χ2v) is 8.91. The Labute approximate surface area is 185 Å². The molecule has 0 fully saturated rings. The Morgan fingerprint density at radius 2 is 1.77 bits per heavy atom. The van der Waals surface area contributed by atoms with Gasteiger partial charge in [0.2, 0.25) is 0 Å². The maximum absolute atomic E-state index is 13.3. The first kappa shape index (κ1) is 22.3. The third kappa shape index (κ3) is 5.42. The normalized spacial score (nSPS) is 11.4. The minimum absolute atomic E-state index is 0.00309.